The quantitative estimate of drug-likeness (QED) is 0.710. The van der Waals surface area contributed by atoms with Crippen molar-refractivity contribution in [1.29, 1.82) is 0 Å². The number of halogens is 1. The fraction of sp³-hybridized carbons (Fsp3) is 0.273. The van der Waals surface area contributed by atoms with E-state index >= 15 is 0 Å². The Kier molecular flexibility index (Phi) is 4.63. The molecule has 1 aliphatic rings. The lowest BCUT2D eigenvalue weighted by molar-refractivity contribution is 0.0988. The molecule has 4 rings (SSSR count). The number of nitrogens with zero attached hydrogens (tertiary/aromatic N) is 2. The molecule has 1 atom stereocenters. The Morgan fingerprint density at radius 2 is 1.89 bits per heavy atom. The van der Waals surface area contributed by atoms with Crippen LogP contribution in [0.25, 0.3) is 0 Å². The zero-order chi connectivity index (χ0) is 19.8. The fourth-order valence-corrected chi connectivity index (χ4v) is 3.79. The molecule has 144 valence electrons. The molecule has 0 radical (unpaired) electrons. The van der Waals surface area contributed by atoms with Gasteiger partial charge in [-0.15, -0.1) is 0 Å². The Balaban J connectivity index is 1.91. The van der Waals surface area contributed by atoms with Crippen molar-refractivity contribution in [3.05, 3.63) is 76.9 Å². The first-order chi connectivity index (χ1) is 13.5. The summed E-state index contributed by atoms with van der Waals surface area (Å²) in [6, 6.07) is 13.3. The number of aromatic nitrogens is 2. The lowest BCUT2D eigenvalue weighted by Gasteiger charge is -2.27. The second-order valence-electron chi connectivity index (χ2n) is 7.36. The van der Waals surface area contributed by atoms with Crippen LogP contribution in [0.15, 0.2) is 48.5 Å². The van der Waals surface area contributed by atoms with E-state index in [4.69, 9.17) is 4.74 Å². The molecule has 0 fully saturated rings. The average Bonchev–Trinajstić information content (AvgIpc) is 3.21. The molecule has 0 aliphatic carbocycles. The van der Waals surface area contributed by atoms with Gasteiger partial charge in [-0.25, -0.2) is 4.39 Å². The van der Waals surface area contributed by atoms with Crippen LogP contribution in [0.1, 0.15) is 47.2 Å². The van der Waals surface area contributed by atoms with Crippen molar-refractivity contribution in [3.8, 4) is 5.75 Å². The predicted octanol–water partition coefficient (Wildman–Crippen LogP) is 4.51. The van der Waals surface area contributed by atoms with E-state index in [0.29, 0.717) is 23.0 Å². The van der Waals surface area contributed by atoms with Gasteiger partial charge in [0.05, 0.1) is 24.5 Å². The minimum Gasteiger partial charge on any atom is -0.495 e. The SMILES string of the molecule is COc1ccccc1N1C(=O)c2[nH]nc(CC(C)C)c2C1c1ccc(F)cc1. The summed E-state index contributed by atoms with van der Waals surface area (Å²) in [5.74, 6) is 0.506. The van der Waals surface area contributed by atoms with E-state index in [-0.39, 0.29) is 11.7 Å². The summed E-state index contributed by atoms with van der Waals surface area (Å²) in [5, 5.41) is 7.35. The van der Waals surface area contributed by atoms with Gasteiger partial charge in [0.1, 0.15) is 17.3 Å². The molecule has 1 N–H and O–H groups in total. The summed E-state index contributed by atoms with van der Waals surface area (Å²) < 4.78 is 19.1. The van der Waals surface area contributed by atoms with Gasteiger partial charge in [0.2, 0.25) is 0 Å². The fourth-order valence-electron chi connectivity index (χ4n) is 3.79. The van der Waals surface area contributed by atoms with E-state index < -0.39 is 6.04 Å². The number of aromatic amines is 1. The van der Waals surface area contributed by atoms with E-state index in [9.17, 15) is 9.18 Å². The monoisotopic (exact) mass is 379 g/mol. The summed E-state index contributed by atoms with van der Waals surface area (Å²) in [4.78, 5) is 15.0. The number of carbonyl (C=O) groups excluding carboxylic acids is 1. The second-order valence-corrected chi connectivity index (χ2v) is 7.36. The first-order valence-electron chi connectivity index (χ1n) is 9.30. The van der Waals surface area contributed by atoms with Gasteiger partial charge in [-0.05, 0) is 42.2 Å². The minimum absolute atomic E-state index is 0.170. The third kappa shape index (κ3) is 2.95. The molecule has 0 saturated carbocycles. The summed E-state index contributed by atoms with van der Waals surface area (Å²) in [6.07, 6.45) is 0.747. The van der Waals surface area contributed by atoms with Gasteiger partial charge in [-0.1, -0.05) is 38.1 Å². The number of para-hydroxylation sites is 2. The van der Waals surface area contributed by atoms with Gasteiger partial charge in [-0.2, -0.15) is 5.10 Å². The third-order valence-electron chi connectivity index (χ3n) is 4.98. The van der Waals surface area contributed by atoms with Gasteiger partial charge in [-0.3, -0.25) is 14.8 Å². The maximum absolute atomic E-state index is 13.6. The Labute approximate surface area is 163 Å². The molecule has 28 heavy (non-hydrogen) atoms. The normalized spacial score (nSPS) is 16.0. The minimum atomic E-state index is -0.396. The number of amides is 1. The maximum atomic E-state index is 13.6. The Morgan fingerprint density at radius 3 is 2.57 bits per heavy atom. The molecule has 0 saturated heterocycles. The standard InChI is InChI=1S/C22H22FN3O2/c1-13(2)12-16-19-20(25-24-16)22(27)26(17-6-4-5-7-18(17)28-3)21(19)14-8-10-15(23)11-9-14/h4-11,13,21H,12H2,1-3H3,(H,24,25). The molecule has 3 aromatic rings. The van der Waals surface area contributed by atoms with Crippen LogP contribution in [0.4, 0.5) is 10.1 Å². The van der Waals surface area contributed by atoms with E-state index in [1.54, 1.807) is 24.1 Å². The van der Waals surface area contributed by atoms with Crippen molar-refractivity contribution in [1.82, 2.24) is 10.2 Å². The molecular formula is C22H22FN3O2. The zero-order valence-electron chi connectivity index (χ0n) is 16.1. The van der Waals surface area contributed by atoms with Crippen LogP contribution in [0.2, 0.25) is 0 Å². The van der Waals surface area contributed by atoms with Crippen molar-refractivity contribution in [2.24, 2.45) is 5.92 Å². The van der Waals surface area contributed by atoms with Crippen molar-refractivity contribution in [3.63, 3.8) is 0 Å². The number of ether oxygens (including phenoxy) is 1. The number of rotatable bonds is 5. The topological polar surface area (TPSA) is 58.2 Å². The number of anilines is 1. The Hall–Kier alpha value is -3.15. The number of fused-ring (bicyclic) bond motifs is 1. The molecule has 1 unspecified atom stereocenters. The lowest BCUT2D eigenvalue weighted by Crippen LogP contribution is -2.30. The zero-order valence-corrected chi connectivity index (χ0v) is 16.1. The average molecular weight is 379 g/mol. The number of benzene rings is 2. The summed E-state index contributed by atoms with van der Waals surface area (Å²) >= 11 is 0. The molecule has 2 heterocycles. The van der Waals surface area contributed by atoms with Crippen molar-refractivity contribution in [2.45, 2.75) is 26.3 Å². The summed E-state index contributed by atoms with van der Waals surface area (Å²) in [5.41, 5.74) is 3.70. The smallest absolute Gasteiger partial charge is 0.277 e. The number of hydrogen-bond acceptors (Lipinski definition) is 3. The first-order valence-corrected chi connectivity index (χ1v) is 9.30. The molecule has 6 heteroatoms. The molecule has 0 bridgehead atoms. The van der Waals surface area contributed by atoms with Crippen molar-refractivity contribution >= 4 is 11.6 Å². The molecule has 1 amide bonds. The van der Waals surface area contributed by atoms with Crippen LogP contribution in [-0.2, 0) is 6.42 Å². The van der Waals surface area contributed by atoms with Gasteiger partial charge in [0.15, 0.2) is 0 Å². The highest BCUT2D eigenvalue weighted by Crippen LogP contribution is 2.45. The summed E-state index contributed by atoms with van der Waals surface area (Å²) in [6.45, 7) is 4.23. The van der Waals surface area contributed by atoms with Gasteiger partial charge in [0.25, 0.3) is 5.91 Å². The maximum Gasteiger partial charge on any atom is 0.277 e. The highest BCUT2D eigenvalue weighted by Gasteiger charge is 2.43. The van der Waals surface area contributed by atoms with Crippen LogP contribution in [-0.4, -0.2) is 23.2 Å². The van der Waals surface area contributed by atoms with Gasteiger partial charge in [0, 0.05) is 5.56 Å². The highest BCUT2D eigenvalue weighted by atomic mass is 19.1. The molecule has 1 aliphatic heterocycles. The number of hydrogen-bond donors (Lipinski definition) is 1. The summed E-state index contributed by atoms with van der Waals surface area (Å²) in [7, 11) is 1.58. The number of nitrogens with one attached hydrogen (secondary N) is 1. The van der Waals surface area contributed by atoms with Crippen LogP contribution in [0.3, 0.4) is 0 Å². The van der Waals surface area contributed by atoms with Gasteiger partial charge < -0.3 is 4.74 Å². The lowest BCUT2D eigenvalue weighted by atomic mass is 9.95. The molecule has 0 spiro atoms. The number of H-pyrrole nitrogens is 1. The van der Waals surface area contributed by atoms with Crippen LogP contribution in [0, 0.1) is 11.7 Å². The van der Waals surface area contributed by atoms with Crippen molar-refractivity contribution in [2.75, 3.05) is 12.0 Å². The Morgan fingerprint density at radius 1 is 1.18 bits per heavy atom. The molecular weight excluding hydrogens is 357 g/mol. The molecule has 2 aromatic carbocycles. The van der Waals surface area contributed by atoms with Crippen LogP contribution in [0.5, 0.6) is 5.75 Å². The number of carbonyl (C=O) groups is 1. The van der Waals surface area contributed by atoms with Crippen molar-refractivity contribution < 1.29 is 13.9 Å². The number of methoxy groups -OCH3 is 1. The van der Waals surface area contributed by atoms with Crippen LogP contribution >= 0.6 is 0 Å². The highest BCUT2D eigenvalue weighted by molar-refractivity contribution is 6.11. The van der Waals surface area contributed by atoms with E-state index in [1.807, 2.05) is 24.3 Å². The largest absolute Gasteiger partial charge is 0.495 e. The Bertz CT molecular complexity index is 1010. The third-order valence-corrected chi connectivity index (χ3v) is 4.98. The van der Waals surface area contributed by atoms with Crippen LogP contribution < -0.4 is 9.64 Å². The van der Waals surface area contributed by atoms with Gasteiger partial charge >= 0.3 is 0 Å². The molecule has 1 aromatic heterocycles. The molecule has 5 nitrogen and oxygen atoms in total. The van der Waals surface area contributed by atoms with E-state index in [2.05, 4.69) is 24.0 Å². The first kappa shape index (κ1) is 18.2. The predicted molar refractivity (Wildman–Crippen MR) is 105 cm³/mol. The van der Waals surface area contributed by atoms with E-state index in [0.717, 1.165) is 23.2 Å². The van der Waals surface area contributed by atoms with E-state index in [1.165, 1.54) is 12.1 Å². The second kappa shape index (κ2) is 7.11.